The van der Waals surface area contributed by atoms with Crippen molar-refractivity contribution in [3.63, 3.8) is 0 Å². The number of ketones is 1. The van der Waals surface area contributed by atoms with Gasteiger partial charge >= 0.3 is 0 Å². The molecule has 1 aromatic heterocycles. The third kappa shape index (κ3) is 5.39. The van der Waals surface area contributed by atoms with Gasteiger partial charge in [0.05, 0.1) is 26.4 Å². The molecule has 0 radical (unpaired) electrons. The predicted molar refractivity (Wildman–Crippen MR) is 126 cm³/mol. The molecule has 1 unspecified atom stereocenters. The Kier molecular flexibility index (Phi) is 7.49. The van der Waals surface area contributed by atoms with Crippen molar-refractivity contribution in [2.24, 2.45) is 0 Å². The lowest BCUT2D eigenvalue weighted by Crippen LogP contribution is -2.18. The van der Waals surface area contributed by atoms with Gasteiger partial charge in [0, 0.05) is 22.9 Å². The maximum absolute atomic E-state index is 12.9. The molecule has 0 spiro atoms. The second-order valence-corrected chi connectivity index (χ2v) is 10.0. The largest absolute Gasteiger partial charge is 0.382 e. The highest BCUT2D eigenvalue weighted by Gasteiger charge is 2.22. The van der Waals surface area contributed by atoms with Crippen LogP contribution in [-0.2, 0) is 10.8 Å². The van der Waals surface area contributed by atoms with Crippen LogP contribution < -0.4 is 11.1 Å². The molecule has 1 heterocycles. The first-order valence-corrected chi connectivity index (χ1v) is 11.8. The number of carbonyl (C=O) groups excluding carboxylic acids is 1. The van der Waals surface area contributed by atoms with Gasteiger partial charge in [-0.1, -0.05) is 40.6 Å². The van der Waals surface area contributed by atoms with E-state index in [-0.39, 0.29) is 32.1 Å². The molecule has 3 rings (SSSR count). The number of nitrogens with two attached hydrogens (primary N) is 1. The van der Waals surface area contributed by atoms with Gasteiger partial charge < -0.3 is 16.0 Å². The van der Waals surface area contributed by atoms with Crippen molar-refractivity contribution in [1.29, 1.82) is 0 Å². The molecule has 10 heteroatoms. The number of aromatic nitrogens is 1. The average Bonchev–Trinajstić information content (AvgIpc) is 3.06. The summed E-state index contributed by atoms with van der Waals surface area (Å²) in [5.74, 6) is 0.295. The van der Waals surface area contributed by atoms with Crippen LogP contribution in [0.5, 0.6) is 0 Å². The van der Waals surface area contributed by atoms with Crippen molar-refractivity contribution in [2.75, 3.05) is 37.4 Å². The first-order valence-electron chi connectivity index (χ1n) is 8.91. The Balaban J connectivity index is 1.75. The quantitative estimate of drug-likeness (QED) is 0.453. The van der Waals surface area contributed by atoms with Crippen LogP contribution in [0.4, 0.5) is 16.6 Å². The zero-order chi connectivity index (χ0) is 21.8. The average molecular weight is 483 g/mol. The van der Waals surface area contributed by atoms with Gasteiger partial charge in [0.15, 0.2) is 5.13 Å². The number of carbonyl (C=O) groups is 1. The van der Waals surface area contributed by atoms with Gasteiger partial charge in [-0.3, -0.25) is 9.00 Å². The molecule has 0 aliphatic heterocycles. The van der Waals surface area contributed by atoms with E-state index in [1.807, 2.05) is 31.1 Å². The van der Waals surface area contributed by atoms with Crippen molar-refractivity contribution < 1.29 is 9.00 Å². The molecule has 0 aliphatic rings. The molecule has 6 nitrogen and oxygen atoms in total. The molecular weight excluding hydrogens is 463 g/mol. The Morgan fingerprint density at radius 1 is 1.17 bits per heavy atom. The Morgan fingerprint density at radius 2 is 1.80 bits per heavy atom. The molecule has 0 saturated heterocycles. The molecule has 3 aromatic rings. The molecule has 0 saturated carbocycles. The summed E-state index contributed by atoms with van der Waals surface area (Å²) in [6.45, 7) is 0.747. The lowest BCUT2D eigenvalue weighted by atomic mass is 10.1. The van der Waals surface area contributed by atoms with E-state index in [0.717, 1.165) is 28.5 Å². The Hall–Kier alpha value is -1.97. The number of rotatable bonds is 8. The van der Waals surface area contributed by atoms with Crippen LogP contribution in [0.2, 0.25) is 10.0 Å². The summed E-state index contributed by atoms with van der Waals surface area (Å²) in [5, 5.41) is 4.09. The fourth-order valence-electron chi connectivity index (χ4n) is 2.57. The number of hydrogen-bond acceptors (Lipinski definition) is 7. The van der Waals surface area contributed by atoms with Gasteiger partial charge in [-0.2, -0.15) is 0 Å². The number of halogens is 2. The van der Waals surface area contributed by atoms with Crippen molar-refractivity contribution in [2.45, 2.75) is 4.90 Å². The molecule has 158 valence electrons. The van der Waals surface area contributed by atoms with Crippen LogP contribution in [0.25, 0.3) is 0 Å². The fraction of sp³-hybridized carbons (Fsp3) is 0.200. The fourth-order valence-corrected chi connectivity index (χ4v) is 5.20. The molecule has 30 heavy (non-hydrogen) atoms. The SMILES string of the molecule is CN(C)CCS(=O)c1ccc(Nc2nc(N)c(C(=O)c3c(Cl)cccc3Cl)s2)cc1. The van der Waals surface area contributed by atoms with Gasteiger partial charge in [0.2, 0.25) is 5.78 Å². The minimum absolute atomic E-state index is 0.102. The van der Waals surface area contributed by atoms with Crippen LogP contribution >= 0.6 is 34.5 Å². The summed E-state index contributed by atoms with van der Waals surface area (Å²) in [6, 6.07) is 12.1. The summed E-state index contributed by atoms with van der Waals surface area (Å²) in [6.07, 6.45) is 0. The van der Waals surface area contributed by atoms with E-state index in [1.165, 1.54) is 0 Å². The number of benzene rings is 2. The predicted octanol–water partition coefficient (Wildman–Crippen LogP) is 4.68. The highest BCUT2D eigenvalue weighted by molar-refractivity contribution is 7.85. The monoisotopic (exact) mass is 482 g/mol. The van der Waals surface area contributed by atoms with E-state index in [2.05, 4.69) is 10.3 Å². The van der Waals surface area contributed by atoms with Crippen molar-refractivity contribution >= 4 is 67.8 Å². The molecule has 0 bridgehead atoms. The summed E-state index contributed by atoms with van der Waals surface area (Å²) in [7, 11) is 2.83. The highest BCUT2D eigenvalue weighted by Crippen LogP contribution is 2.34. The van der Waals surface area contributed by atoms with E-state index in [9.17, 15) is 9.00 Å². The molecule has 0 aliphatic carbocycles. The van der Waals surface area contributed by atoms with Crippen molar-refractivity contribution in [3.8, 4) is 0 Å². The van der Waals surface area contributed by atoms with Crippen molar-refractivity contribution in [1.82, 2.24) is 9.88 Å². The number of thiazole rings is 1. The Labute approximate surface area is 191 Å². The van der Waals surface area contributed by atoms with E-state index >= 15 is 0 Å². The zero-order valence-electron chi connectivity index (χ0n) is 16.3. The van der Waals surface area contributed by atoms with E-state index < -0.39 is 10.8 Å². The standard InChI is InChI=1S/C20H20Cl2N4O2S2/c1-26(2)10-11-30(28)13-8-6-12(7-9-13)24-20-25-19(23)18(29-20)17(27)16-14(21)4-3-5-15(16)22/h3-9H,10-11,23H2,1-2H3,(H,24,25). The van der Waals surface area contributed by atoms with E-state index in [4.69, 9.17) is 28.9 Å². The van der Waals surface area contributed by atoms with Crippen LogP contribution in [0, 0.1) is 0 Å². The lowest BCUT2D eigenvalue weighted by molar-refractivity contribution is 0.104. The first kappa shape index (κ1) is 22.7. The summed E-state index contributed by atoms with van der Waals surface area (Å²) in [5.41, 5.74) is 6.91. The van der Waals surface area contributed by atoms with E-state index in [0.29, 0.717) is 10.9 Å². The first-order chi connectivity index (χ1) is 14.3. The van der Waals surface area contributed by atoms with Crippen molar-refractivity contribution in [3.05, 3.63) is 63.0 Å². The maximum atomic E-state index is 12.9. The summed E-state index contributed by atoms with van der Waals surface area (Å²) >= 11 is 13.4. The third-order valence-electron chi connectivity index (χ3n) is 4.14. The number of nitrogens with zero attached hydrogens (tertiary/aromatic N) is 2. The smallest absolute Gasteiger partial charge is 0.209 e. The second-order valence-electron chi connectivity index (χ2n) is 6.66. The van der Waals surface area contributed by atoms with Gasteiger partial charge in [-0.15, -0.1) is 0 Å². The third-order valence-corrected chi connectivity index (χ3v) is 7.11. The number of hydrogen-bond donors (Lipinski definition) is 2. The maximum Gasteiger partial charge on any atom is 0.209 e. The normalized spacial score (nSPS) is 12.2. The number of anilines is 3. The Morgan fingerprint density at radius 3 is 2.40 bits per heavy atom. The lowest BCUT2D eigenvalue weighted by Gasteiger charge is -2.09. The second kappa shape index (κ2) is 9.89. The minimum atomic E-state index is -1.06. The summed E-state index contributed by atoms with van der Waals surface area (Å²) < 4.78 is 12.3. The van der Waals surface area contributed by atoms with Crippen LogP contribution in [0.3, 0.4) is 0 Å². The molecule has 2 aromatic carbocycles. The molecular formula is C20H20Cl2N4O2S2. The summed E-state index contributed by atoms with van der Waals surface area (Å²) in [4.78, 5) is 20.1. The molecule has 3 N–H and O–H groups in total. The highest BCUT2D eigenvalue weighted by atomic mass is 35.5. The van der Waals surface area contributed by atoms with Gasteiger partial charge in [0.25, 0.3) is 0 Å². The van der Waals surface area contributed by atoms with Gasteiger partial charge in [-0.25, -0.2) is 4.98 Å². The molecule has 1 atom stereocenters. The molecule has 0 fully saturated rings. The number of nitrogens with one attached hydrogen (secondary N) is 1. The Bertz CT molecular complexity index is 1060. The van der Waals surface area contributed by atoms with Gasteiger partial charge in [0.1, 0.15) is 10.7 Å². The van der Waals surface area contributed by atoms with Crippen LogP contribution in [0.1, 0.15) is 15.2 Å². The van der Waals surface area contributed by atoms with Gasteiger partial charge in [-0.05, 0) is 50.5 Å². The number of nitrogen functional groups attached to an aromatic ring is 1. The van der Waals surface area contributed by atoms with Crippen LogP contribution in [-0.4, -0.2) is 46.3 Å². The minimum Gasteiger partial charge on any atom is -0.382 e. The molecule has 0 amide bonds. The zero-order valence-corrected chi connectivity index (χ0v) is 19.5. The van der Waals surface area contributed by atoms with Crippen LogP contribution in [0.15, 0.2) is 47.4 Å². The topological polar surface area (TPSA) is 88.3 Å². The van der Waals surface area contributed by atoms with E-state index in [1.54, 1.807) is 30.3 Å².